The van der Waals surface area contributed by atoms with Crippen molar-refractivity contribution in [2.45, 2.75) is 25.0 Å². The molecule has 8 heteroatoms. The smallest absolute Gasteiger partial charge is 0.408 e. The molecule has 2 N–H and O–H groups in total. The van der Waals surface area contributed by atoms with Gasteiger partial charge in [-0.2, -0.15) is 0 Å². The summed E-state index contributed by atoms with van der Waals surface area (Å²) in [6, 6.07) is 9.20. The minimum absolute atomic E-state index is 0.0416. The van der Waals surface area contributed by atoms with Crippen LogP contribution in [-0.4, -0.2) is 17.2 Å². The maximum atomic E-state index is 14.2. The number of halogens is 3. The molecule has 0 unspecified atom stereocenters. The predicted molar refractivity (Wildman–Crippen MR) is 84.0 cm³/mol. The Bertz CT molecular complexity index is 866. The summed E-state index contributed by atoms with van der Waals surface area (Å²) in [7, 11) is 0. The molecular weight excluding hydrogens is 351 g/mol. The Morgan fingerprint density at radius 1 is 1.12 bits per heavy atom. The van der Waals surface area contributed by atoms with E-state index < -0.39 is 46.2 Å². The topological polar surface area (TPSA) is 75.6 Å². The predicted octanol–water partition coefficient (Wildman–Crippen LogP) is 3.72. The van der Waals surface area contributed by atoms with Crippen LogP contribution in [0.25, 0.3) is 0 Å². The number of carbonyl (C=O) groups is 2. The van der Waals surface area contributed by atoms with Crippen LogP contribution in [-0.2, 0) is 16.9 Å². The van der Waals surface area contributed by atoms with Gasteiger partial charge in [-0.05, 0) is 24.5 Å². The quantitative estimate of drug-likeness (QED) is 0.792. The molecule has 0 atom stereocenters. The fourth-order valence-electron chi connectivity index (χ4n) is 2.71. The number of nitrogens with one attached hydrogen (secondary N) is 1. The fourth-order valence-corrected chi connectivity index (χ4v) is 2.71. The highest BCUT2D eigenvalue weighted by molar-refractivity contribution is 5.88. The highest BCUT2D eigenvalue weighted by Crippen LogP contribution is 2.48. The van der Waals surface area contributed by atoms with Crippen LogP contribution in [0.1, 0.15) is 34.3 Å². The van der Waals surface area contributed by atoms with Crippen molar-refractivity contribution in [3.8, 4) is 0 Å². The molecule has 0 radical (unpaired) electrons. The third-order valence-electron chi connectivity index (χ3n) is 4.17. The summed E-state index contributed by atoms with van der Waals surface area (Å²) in [5, 5.41) is 11.1. The van der Waals surface area contributed by atoms with E-state index in [-0.39, 0.29) is 19.4 Å². The zero-order chi connectivity index (χ0) is 18.9. The molecule has 1 amide bonds. The SMILES string of the molecule is O=C(NC1(c2c(F)cc(C(=O)O)c(F)c2F)CC1)OCc1ccccc1. The Hall–Kier alpha value is -3.03. The summed E-state index contributed by atoms with van der Waals surface area (Å²) in [6.45, 7) is -0.0416. The summed E-state index contributed by atoms with van der Waals surface area (Å²) >= 11 is 0. The number of carbonyl (C=O) groups excluding carboxylic acids is 1. The minimum Gasteiger partial charge on any atom is -0.478 e. The van der Waals surface area contributed by atoms with Gasteiger partial charge in [0.05, 0.1) is 11.1 Å². The van der Waals surface area contributed by atoms with Crippen molar-refractivity contribution in [1.29, 1.82) is 0 Å². The van der Waals surface area contributed by atoms with Gasteiger partial charge in [0.15, 0.2) is 11.6 Å². The molecule has 2 aromatic rings. The number of amides is 1. The number of carboxylic acids is 1. The number of hydrogen-bond donors (Lipinski definition) is 2. The molecule has 1 aliphatic rings. The lowest BCUT2D eigenvalue weighted by Gasteiger charge is -2.20. The van der Waals surface area contributed by atoms with E-state index in [4.69, 9.17) is 9.84 Å². The van der Waals surface area contributed by atoms with Gasteiger partial charge in [-0.25, -0.2) is 22.8 Å². The monoisotopic (exact) mass is 365 g/mol. The van der Waals surface area contributed by atoms with Crippen LogP contribution in [0, 0.1) is 17.5 Å². The Morgan fingerprint density at radius 2 is 1.77 bits per heavy atom. The molecule has 0 spiro atoms. The first-order chi connectivity index (χ1) is 12.3. The van der Waals surface area contributed by atoms with E-state index in [1.807, 2.05) is 0 Å². The Balaban J connectivity index is 1.78. The van der Waals surface area contributed by atoms with Gasteiger partial charge in [0.2, 0.25) is 0 Å². The molecule has 0 aliphatic heterocycles. The molecule has 3 rings (SSSR count). The zero-order valence-electron chi connectivity index (χ0n) is 13.4. The second-order valence-electron chi connectivity index (χ2n) is 5.98. The fraction of sp³-hybridized carbons (Fsp3) is 0.222. The average molecular weight is 365 g/mol. The molecule has 5 nitrogen and oxygen atoms in total. The number of carboxylic acid groups (broad SMARTS) is 1. The number of hydrogen-bond acceptors (Lipinski definition) is 3. The van der Waals surface area contributed by atoms with Crippen LogP contribution in [0.5, 0.6) is 0 Å². The number of benzene rings is 2. The van der Waals surface area contributed by atoms with Crippen LogP contribution < -0.4 is 5.32 Å². The number of rotatable bonds is 5. The average Bonchev–Trinajstić information content (AvgIpc) is 3.37. The van der Waals surface area contributed by atoms with Gasteiger partial charge in [0, 0.05) is 0 Å². The minimum atomic E-state index is -1.79. The van der Waals surface area contributed by atoms with Crippen molar-refractivity contribution < 1.29 is 32.6 Å². The third kappa shape index (κ3) is 3.35. The van der Waals surface area contributed by atoms with E-state index >= 15 is 0 Å². The van der Waals surface area contributed by atoms with Gasteiger partial charge in [-0.15, -0.1) is 0 Å². The highest BCUT2D eigenvalue weighted by atomic mass is 19.2. The first-order valence-corrected chi connectivity index (χ1v) is 7.74. The van der Waals surface area contributed by atoms with Crippen LogP contribution >= 0.6 is 0 Å². The van der Waals surface area contributed by atoms with Gasteiger partial charge >= 0.3 is 12.1 Å². The zero-order valence-corrected chi connectivity index (χ0v) is 13.4. The molecule has 26 heavy (non-hydrogen) atoms. The standard InChI is InChI=1S/C18H14F3NO4/c19-12-8-11(16(23)24)14(20)15(21)13(12)18(6-7-18)22-17(25)26-9-10-4-2-1-3-5-10/h1-5,8H,6-7,9H2,(H,22,25)(H,23,24). The maximum absolute atomic E-state index is 14.2. The van der Waals surface area contributed by atoms with Crippen LogP contribution in [0.2, 0.25) is 0 Å². The van der Waals surface area contributed by atoms with Crippen molar-refractivity contribution in [3.05, 3.63) is 70.5 Å². The molecule has 1 aliphatic carbocycles. The normalized spacial score (nSPS) is 14.6. The van der Waals surface area contributed by atoms with Gasteiger partial charge in [0.1, 0.15) is 18.0 Å². The van der Waals surface area contributed by atoms with Crippen LogP contribution in [0.3, 0.4) is 0 Å². The molecule has 0 bridgehead atoms. The van der Waals surface area contributed by atoms with E-state index in [0.29, 0.717) is 6.07 Å². The number of ether oxygens (including phenoxy) is 1. The molecule has 2 aromatic carbocycles. The van der Waals surface area contributed by atoms with Crippen molar-refractivity contribution in [1.82, 2.24) is 5.32 Å². The highest BCUT2D eigenvalue weighted by Gasteiger charge is 2.51. The molecule has 136 valence electrons. The second-order valence-corrected chi connectivity index (χ2v) is 5.98. The number of aromatic carboxylic acids is 1. The lowest BCUT2D eigenvalue weighted by atomic mass is 10.0. The third-order valence-corrected chi connectivity index (χ3v) is 4.17. The van der Waals surface area contributed by atoms with Crippen molar-refractivity contribution >= 4 is 12.1 Å². The van der Waals surface area contributed by atoms with E-state index in [2.05, 4.69) is 5.32 Å². The van der Waals surface area contributed by atoms with Gasteiger partial charge in [-0.1, -0.05) is 30.3 Å². The molecule has 0 heterocycles. The van der Waals surface area contributed by atoms with Gasteiger partial charge < -0.3 is 15.2 Å². The first-order valence-electron chi connectivity index (χ1n) is 7.74. The Morgan fingerprint density at radius 3 is 2.35 bits per heavy atom. The molecule has 1 saturated carbocycles. The van der Waals surface area contributed by atoms with E-state index in [1.54, 1.807) is 30.3 Å². The second kappa shape index (κ2) is 6.70. The van der Waals surface area contributed by atoms with Gasteiger partial charge in [-0.3, -0.25) is 0 Å². The lowest BCUT2D eigenvalue weighted by Crippen LogP contribution is -2.37. The molecule has 0 aromatic heterocycles. The van der Waals surface area contributed by atoms with Crippen LogP contribution in [0.4, 0.5) is 18.0 Å². The largest absolute Gasteiger partial charge is 0.478 e. The maximum Gasteiger partial charge on any atom is 0.408 e. The van der Waals surface area contributed by atoms with Gasteiger partial charge in [0.25, 0.3) is 0 Å². The Labute approximate surface area is 146 Å². The van der Waals surface area contributed by atoms with Crippen molar-refractivity contribution in [3.63, 3.8) is 0 Å². The molecule has 0 saturated heterocycles. The van der Waals surface area contributed by atoms with E-state index in [9.17, 15) is 22.8 Å². The van der Waals surface area contributed by atoms with E-state index in [0.717, 1.165) is 5.56 Å². The van der Waals surface area contributed by atoms with Crippen molar-refractivity contribution in [2.75, 3.05) is 0 Å². The summed E-state index contributed by atoms with van der Waals surface area (Å²) in [5.74, 6) is -6.31. The van der Waals surface area contributed by atoms with Crippen molar-refractivity contribution in [2.24, 2.45) is 0 Å². The van der Waals surface area contributed by atoms with Crippen LogP contribution in [0.15, 0.2) is 36.4 Å². The number of alkyl carbamates (subject to hydrolysis) is 1. The molecular formula is C18H14F3NO4. The lowest BCUT2D eigenvalue weighted by molar-refractivity contribution is 0.0689. The first kappa shape index (κ1) is 17.8. The summed E-state index contributed by atoms with van der Waals surface area (Å²) < 4.78 is 47.4. The Kier molecular flexibility index (Phi) is 4.58. The molecule has 1 fully saturated rings. The summed E-state index contributed by atoms with van der Waals surface area (Å²) in [4.78, 5) is 22.8. The van der Waals surface area contributed by atoms with E-state index in [1.165, 1.54) is 0 Å². The summed E-state index contributed by atoms with van der Waals surface area (Å²) in [5.41, 5.74) is -2.52. The summed E-state index contributed by atoms with van der Waals surface area (Å²) in [6.07, 6.45) is -0.562.